The molecule has 9 nitrogen and oxygen atoms in total. The molecule has 3 heterocycles. The summed E-state index contributed by atoms with van der Waals surface area (Å²) in [5, 5.41) is 2.78. The quantitative estimate of drug-likeness (QED) is 0.394. The van der Waals surface area contributed by atoms with Gasteiger partial charge in [0.25, 0.3) is 5.91 Å². The van der Waals surface area contributed by atoms with Gasteiger partial charge in [0.1, 0.15) is 34.7 Å². The van der Waals surface area contributed by atoms with E-state index in [9.17, 15) is 13.6 Å². The minimum atomic E-state index is -3.11. The van der Waals surface area contributed by atoms with Crippen molar-refractivity contribution in [3.05, 3.63) is 60.6 Å². The van der Waals surface area contributed by atoms with Gasteiger partial charge >= 0.3 is 6.61 Å². The van der Waals surface area contributed by atoms with Crippen LogP contribution in [0.4, 0.5) is 8.78 Å². The summed E-state index contributed by atoms with van der Waals surface area (Å²) in [5.74, 6) is 0.311. The first-order chi connectivity index (χ1) is 16.5. The summed E-state index contributed by atoms with van der Waals surface area (Å²) in [4.78, 5) is 21.1. The third-order valence-corrected chi connectivity index (χ3v) is 5.27. The highest BCUT2D eigenvalue weighted by Crippen LogP contribution is 2.37. The second-order valence-electron chi connectivity index (χ2n) is 7.63. The van der Waals surface area contributed by atoms with Crippen molar-refractivity contribution in [3.8, 4) is 28.5 Å². The smallest absolute Gasteiger partial charge is 0.387 e. The van der Waals surface area contributed by atoms with E-state index in [-0.39, 0.29) is 29.7 Å². The zero-order valence-corrected chi connectivity index (χ0v) is 18.0. The summed E-state index contributed by atoms with van der Waals surface area (Å²) in [7, 11) is 1.37. The summed E-state index contributed by atoms with van der Waals surface area (Å²) in [6, 6.07) is 6.46. The molecule has 0 spiro atoms. The molecule has 1 amide bonds. The number of ether oxygens (including phenoxy) is 3. The molecule has 11 heteroatoms. The van der Waals surface area contributed by atoms with Crippen molar-refractivity contribution < 1.29 is 32.2 Å². The van der Waals surface area contributed by atoms with Crippen LogP contribution in [0.25, 0.3) is 16.9 Å². The fourth-order valence-corrected chi connectivity index (χ4v) is 3.53. The lowest BCUT2D eigenvalue weighted by atomic mass is 10.1. The van der Waals surface area contributed by atoms with Crippen molar-refractivity contribution in [1.82, 2.24) is 19.7 Å². The lowest BCUT2D eigenvalue weighted by Gasteiger charge is -2.16. The summed E-state index contributed by atoms with van der Waals surface area (Å²) >= 11 is 0. The molecular formula is C23H20F2N4O5. The first kappa shape index (κ1) is 21.7. The normalized spacial score (nSPS) is 13.3. The molecular weight excluding hydrogens is 450 g/mol. The average molecular weight is 470 g/mol. The fourth-order valence-electron chi connectivity index (χ4n) is 3.53. The number of hydrogen-bond donors (Lipinski definition) is 1. The number of fused-ring (bicyclic) bond motifs is 1. The van der Waals surface area contributed by atoms with Crippen LogP contribution in [0.3, 0.4) is 0 Å². The molecule has 4 aromatic rings. The molecule has 0 aliphatic heterocycles. The van der Waals surface area contributed by atoms with Crippen LogP contribution in [0.2, 0.25) is 0 Å². The number of pyridine rings is 1. The van der Waals surface area contributed by atoms with Gasteiger partial charge in [-0.15, -0.1) is 0 Å². The zero-order valence-electron chi connectivity index (χ0n) is 18.0. The first-order valence-corrected chi connectivity index (χ1v) is 10.5. The number of rotatable bonds is 9. The number of aromatic nitrogens is 3. The number of halogens is 2. The van der Waals surface area contributed by atoms with Crippen LogP contribution < -0.4 is 19.5 Å². The Hall–Kier alpha value is -4.15. The molecule has 1 fully saturated rings. The Morgan fingerprint density at radius 2 is 2.09 bits per heavy atom. The molecule has 1 aromatic carbocycles. The average Bonchev–Trinajstić information content (AvgIpc) is 3.30. The second kappa shape index (κ2) is 9.00. The molecule has 176 valence electrons. The SMILES string of the molecule is COc1cc(-c2cnc3cc(OCc4ncco4)ccn23)cc(OC(F)F)c1C(=O)NC1CC1. The highest BCUT2D eigenvalue weighted by molar-refractivity contribution is 6.01. The largest absolute Gasteiger partial charge is 0.496 e. The van der Waals surface area contributed by atoms with Crippen LogP contribution >= 0.6 is 0 Å². The maximum atomic E-state index is 13.2. The molecule has 0 radical (unpaired) electrons. The van der Waals surface area contributed by atoms with E-state index in [1.54, 1.807) is 35.0 Å². The van der Waals surface area contributed by atoms with Crippen LogP contribution in [-0.2, 0) is 6.61 Å². The van der Waals surface area contributed by atoms with Crippen LogP contribution in [0.1, 0.15) is 29.1 Å². The summed E-state index contributed by atoms with van der Waals surface area (Å²) in [6.07, 6.45) is 8.01. The third kappa shape index (κ3) is 4.49. The van der Waals surface area contributed by atoms with E-state index in [4.69, 9.17) is 18.6 Å². The van der Waals surface area contributed by atoms with Gasteiger partial charge in [0.05, 0.1) is 25.2 Å². The van der Waals surface area contributed by atoms with Crippen molar-refractivity contribution >= 4 is 11.6 Å². The maximum Gasteiger partial charge on any atom is 0.387 e. The predicted octanol–water partition coefficient (Wildman–Crippen LogP) is 4.07. The number of carbonyl (C=O) groups excluding carboxylic acids is 1. The number of hydrogen-bond acceptors (Lipinski definition) is 7. The lowest BCUT2D eigenvalue weighted by molar-refractivity contribution is -0.0502. The number of imidazole rings is 1. The number of carbonyl (C=O) groups is 1. The van der Waals surface area contributed by atoms with Crippen LogP contribution in [0.5, 0.6) is 17.2 Å². The topological polar surface area (TPSA) is 100 Å². The van der Waals surface area contributed by atoms with E-state index in [0.29, 0.717) is 28.5 Å². The summed E-state index contributed by atoms with van der Waals surface area (Å²) in [5.41, 5.74) is 1.55. The Kier molecular flexibility index (Phi) is 5.74. The molecule has 0 saturated heterocycles. The molecule has 3 aromatic heterocycles. The fraction of sp³-hybridized carbons (Fsp3) is 0.261. The third-order valence-electron chi connectivity index (χ3n) is 5.27. The van der Waals surface area contributed by atoms with Crippen LogP contribution in [-0.4, -0.2) is 40.0 Å². The van der Waals surface area contributed by atoms with E-state index in [0.717, 1.165) is 12.8 Å². The Morgan fingerprint density at radius 1 is 1.26 bits per heavy atom. The Balaban J connectivity index is 1.49. The van der Waals surface area contributed by atoms with Crippen LogP contribution in [0.15, 0.2) is 53.5 Å². The number of oxazole rings is 1. The molecule has 0 bridgehead atoms. The first-order valence-electron chi connectivity index (χ1n) is 10.5. The monoisotopic (exact) mass is 470 g/mol. The number of methoxy groups -OCH3 is 1. The van der Waals surface area contributed by atoms with Gasteiger partial charge < -0.3 is 23.9 Å². The highest BCUT2D eigenvalue weighted by atomic mass is 19.3. The minimum absolute atomic E-state index is 0.0371. The van der Waals surface area contributed by atoms with E-state index in [1.807, 2.05) is 0 Å². The minimum Gasteiger partial charge on any atom is -0.496 e. The van der Waals surface area contributed by atoms with Gasteiger partial charge in [-0.3, -0.25) is 9.20 Å². The summed E-state index contributed by atoms with van der Waals surface area (Å²) < 4.78 is 49.0. The molecule has 5 rings (SSSR count). The van der Waals surface area contributed by atoms with Crippen molar-refractivity contribution in [2.24, 2.45) is 0 Å². The molecule has 34 heavy (non-hydrogen) atoms. The molecule has 0 unspecified atom stereocenters. The highest BCUT2D eigenvalue weighted by Gasteiger charge is 2.29. The maximum absolute atomic E-state index is 13.2. The van der Waals surface area contributed by atoms with Crippen molar-refractivity contribution in [2.75, 3.05) is 7.11 Å². The number of alkyl halides is 2. The molecule has 0 atom stereocenters. The number of amides is 1. The van der Waals surface area contributed by atoms with Crippen molar-refractivity contribution in [3.63, 3.8) is 0 Å². The standard InChI is InChI=1S/C23H20F2N4O5/c1-31-17-8-13(9-18(34-23(24)25)21(17)22(30)28-14-2-3-14)16-11-27-19-10-15(4-6-29(16)19)33-12-20-26-5-7-32-20/h4-11,14,23H,2-3,12H2,1H3,(H,28,30). The van der Waals surface area contributed by atoms with Gasteiger partial charge in [0, 0.05) is 23.9 Å². The number of nitrogens with zero attached hydrogens (tertiary/aromatic N) is 3. The Morgan fingerprint density at radius 3 is 2.79 bits per heavy atom. The molecule has 1 aliphatic rings. The molecule has 1 aliphatic carbocycles. The van der Waals surface area contributed by atoms with Gasteiger partial charge in [0.15, 0.2) is 6.61 Å². The number of benzene rings is 1. The van der Waals surface area contributed by atoms with Crippen molar-refractivity contribution in [1.29, 1.82) is 0 Å². The van der Waals surface area contributed by atoms with Gasteiger partial charge in [-0.25, -0.2) is 9.97 Å². The number of nitrogens with one attached hydrogen (secondary N) is 1. The van der Waals surface area contributed by atoms with E-state index in [2.05, 4.69) is 15.3 Å². The Bertz CT molecular complexity index is 1320. The molecule has 1 saturated carbocycles. The van der Waals surface area contributed by atoms with Gasteiger partial charge in [0.2, 0.25) is 5.89 Å². The van der Waals surface area contributed by atoms with Gasteiger partial charge in [-0.2, -0.15) is 8.78 Å². The van der Waals surface area contributed by atoms with E-state index >= 15 is 0 Å². The Labute approximate surface area is 192 Å². The van der Waals surface area contributed by atoms with Crippen molar-refractivity contribution in [2.45, 2.75) is 32.1 Å². The summed E-state index contributed by atoms with van der Waals surface area (Å²) in [6.45, 7) is -2.95. The van der Waals surface area contributed by atoms with E-state index < -0.39 is 12.5 Å². The molecule has 1 N–H and O–H groups in total. The van der Waals surface area contributed by atoms with Crippen LogP contribution in [0, 0.1) is 0 Å². The second-order valence-corrected chi connectivity index (χ2v) is 7.63. The van der Waals surface area contributed by atoms with Gasteiger partial charge in [-0.1, -0.05) is 0 Å². The zero-order chi connectivity index (χ0) is 23.7. The lowest BCUT2D eigenvalue weighted by Crippen LogP contribution is -2.26. The van der Waals surface area contributed by atoms with E-state index in [1.165, 1.54) is 25.6 Å². The predicted molar refractivity (Wildman–Crippen MR) is 115 cm³/mol. The van der Waals surface area contributed by atoms with Gasteiger partial charge in [-0.05, 0) is 31.0 Å².